The molecule has 1 unspecified atom stereocenters. The van der Waals surface area contributed by atoms with Crippen LogP contribution in [0, 0.1) is 5.92 Å². The number of nitrogens with two attached hydrogens (primary N) is 1. The zero-order valence-electron chi connectivity index (χ0n) is 11.8. The Hall–Kier alpha value is -1.23. The first-order valence-electron chi connectivity index (χ1n) is 6.72. The maximum Gasteiger partial charge on any atom is 0.235 e. The summed E-state index contributed by atoms with van der Waals surface area (Å²) in [7, 11) is -3.24. The summed E-state index contributed by atoms with van der Waals surface area (Å²) in [5.74, 6) is 0.595. The van der Waals surface area contributed by atoms with Crippen molar-refractivity contribution in [1.29, 1.82) is 0 Å². The van der Waals surface area contributed by atoms with Crippen LogP contribution in [0.3, 0.4) is 0 Å². The van der Waals surface area contributed by atoms with E-state index in [2.05, 4.69) is 0 Å². The van der Waals surface area contributed by atoms with E-state index in [4.69, 9.17) is 5.73 Å². The molecule has 2 rings (SSSR count). The Kier molecular flexibility index (Phi) is 3.76. The van der Waals surface area contributed by atoms with E-state index in [9.17, 15) is 8.42 Å². The molecule has 1 heterocycles. The summed E-state index contributed by atoms with van der Waals surface area (Å²) >= 11 is 0. The van der Waals surface area contributed by atoms with Crippen molar-refractivity contribution >= 4 is 21.4 Å². The topological polar surface area (TPSA) is 63.4 Å². The first-order valence-corrected chi connectivity index (χ1v) is 8.32. The van der Waals surface area contributed by atoms with Crippen molar-refractivity contribution in [3.8, 4) is 0 Å². The van der Waals surface area contributed by atoms with Gasteiger partial charge in [0.2, 0.25) is 10.0 Å². The van der Waals surface area contributed by atoms with Gasteiger partial charge in [-0.3, -0.25) is 4.31 Å². The predicted octanol–water partition coefficient (Wildman–Crippen LogP) is 2.40. The van der Waals surface area contributed by atoms with Crippen LogP contribution >= 0.6 is 0 Å². The number of hydrogen-bond acceptors (Lipinski definition) is 3. The minimum atomic E-state index is -3.24. The third-order valence-corrected chi connectivity index (χ3v) is 5.42. The van der Waals surface area contributed by atoms with Crippen molar-refractivity contribution in [2.45, 2.75) is 39.7 Å². The zero-order chi connectivity index (χ0) is 14.2. The monoisotopic (exact) mass is 282 g/mol. The third kappa shape index (κ3) is 2.86. The van der Waals surface area contributed by atoms with Gasteiger partial charge in [0, 0.05) is 11.7 Å². The van der Waals surface area contributed by atoms with Crippen molar-refractivity contribution in [2.75, 3.05) is 15.8 Å². The van der Waals surface area contributed by atoms with Crippen LogP contribution in [0.4, 0.5) is 11.4 Å². The molecule has 0 radical (unpaired) electrons. The maximum absolute atomic E-state index is 12.5. The number of sulfonamides is 1. The zero-order valence-corrected chi connectivity index (χ0v) is 12.6. The predicted molar refractivity (Wildman–Crippen MR) is 79.7 cm³/mol. The number of rotatable bonds is 4. The average Bonchev–Trinajstić information content (AvgIpc) is 2.62. The van der Waals surface area contributed by atoms with E-state index >= 15 is 0 Å². The van der Waals surface area contributed by atoms with Gasteiger partial charge in [0.25, 0.3) is 0 Å². The first-order chi connectivity index (χ1) is 8.81. The minimum Gasteiger partial charge on any atom is -0.399 e. The summed E-state index contributed by atoms with van der Waals surface area (Å²) in [4.78, 5) is 0. The van der Waals surface area contributed by atoms with E-state index in [1.807, 2.05) is 32.9 Å². The van der Waals surface area contributed by atoms with Crippen LogP contribution in [-0.4, -0.2) is 20.2 Å². The third-order valence-electron chi connectivity index (χ3n) is 3.51. The highest BCUT2D eigenvalue weighted by Gasteiger charge is 2.34. The van der Waals surface area contributed by atoms with E-state index < -0.39 is 10.0 Å². The molecule has 0 aliphatic carbocycles. The molecule has 0 bridgehead atoms. The highest BCUT2D eigenvalue weighted by Crippen LogP contribution is 2.36. The number of benzene rings is 1. The maximum atomic E-state index is 12.5. The van der Waals surface area contributed by atoms with Gasteiger partial charge in [0.1, 0.15) is 0 Å². The van der Waals surface area contributed by atoms with Gasteiger partial charge in [-0.1, -0.05) is 13.8 Å². The van der Waals surface area contributed by atoms with E-state index in [0.717, 1.165) is 17.7 Å². The highest BCUT2D eigenvalue weighted by molar-refractivity contribution is 7.92. The van der Waals surface area contributed by atoms with Crippen molar-refractivity contribution < 1.29 is 8.42 Å². The second kappa shape index (κ2) is 5.04. The molecule has 0 aromatic heterocycles. The number of hydrogen-bond donors (Lipinski definition) is 1. The Balaban J connectivity index is 2.31. The number of fused-ring (bicyclic) bond motifs is 1. The van der Waals surface area contributed by atoms with Gasteiger partial charge in [-0.15, -0.1) is 0 Å². The molecular weight excluding hydrogens is 260 g/mol. The largest absolute Gasteiger partial charge is 0.399 e. The second-order valence-corrected chi connectivity index (χ2v) is 7.70. The van der Waals surface area contributed by atoms with Crippen molar-refractivity contribution in [3.05, 3.63) is 23.8 Å². The lowest BCUT2D eigenvalue weighted by molar-refractivity contribution is 0.564. The van der Waals surface area contributed by atoms with Crippen molar-refractivity contribution in [1.82, 2.24) is 0 Å². The highest BCUT2D eigenvalue weighted by atomic mass is 32.2. The molecule has 1 aromatic rings. The minimum absolute atomic E-state index is 0.0195. The normalized spacial score (nSPS) is 18.9. The summed E-state index contributed by atoms with van der Waals surface area (Å²) in [5.41, 5.74) is 8.27. The SMILES string of the molecule is CC(C)CCS(=O)(=O)N1c2ccc(N)cc2CC1C. The van der Waals surface area contributed by atoms with Crippen molar-refractivity contribution in [2.24, 2.45) is 5.92 Å². The molecule has 106 valence electrons. The van der Waals surface area contributed by atoms with Crippen LogP contribution in [-0.2, 0) is 16.4 Å². The number of nitrogens with zero attached hydrogens (tertiary/aromatic N) is 1. The Morgan fingerprint density at radius 2 is 2.11 bits per heavy atom. The molecule has 5 heteroatoms. The molecule has 1 atom stereocenters. The van der Waals surface area contributed by atoms with Crippen LogP contribution in [0.5, 0.6) is 0 Å². The summed E-state index contributed by atoms with van der Waals surface area (Å²) in [5, 5.41) is 0. The smallest absolute Gasteiger partial charge is 0.235 e. The molecule has 2 N–H and O–H groups in total. The standard InChI is InChI=1S/C14H22N2O2S/c1-10(2)6-7-19(17,18)16-11(3)8-12-9-13(15)4-5-14(12)16/h4-5,9-11H,6-8,15H2,1-3H3. The molecular formula is C14H22N2O2S. The van der Waals surface area contributed by atoms with E-state index in [-0.39, 0.29) is 11.8 Å². The summed E-state index contributed by atoms with van der Waals surface area (Å²) in [6.07, 6.45) is 1.43. The quantitative estimate of drug-likeness (QED) is 0.862. The Labute approximate surface area is 115 Å². The van der Waals surface area contributed by atoms with E-state index in [1.165, 1.54) is 0 Å². The van der Waals surface area contributed by atoms with Gasteiger partial charge < -0.3 is 5.73 Å². The van der Waals surface area contributed by atoms with Gasteiger partial charge in [0.05, 0.1) is 11.4 Å². The van der Waals surface area contributed by atoms with E-state index in [1.54, 1.807) is 10.4 Å². The molecule has 0 saturated carbocycles. The average molecular weight is 282 g/mol. The van der Waals surface area contributed by atoms with Crippen LogP contribution < -0.4 is 10.0 Å². The molecule has 4 nitrogen and oxygen atoms in total. The first kappa shape index (κ1) is 14.2. The van der Waals surface area contributed by atoms with Gasteiger partial charge in [-0.25, -0.2) is 8.42 Å². The lowest BCUT2D eigenvalue weighted by Crippen LogP contribution is -2.37. The number of nitrogen functional groups attached to an aromatic ring is 1. The Bertz CT molecular complexity index is 567. The van der Waals surface area contributed by atoms with Crippen LogP contribution in [0.25, 0.3) is 0 Å². The van der Waals surface area contributed by atoms with Gasteiger partial charge in [-0.2, -0.15) is 0 Å². The van der Waals surface area contributed by atoms with Gasteiger partial charge in [0.15, 0.2) is 0 Å². The Morgan fingerprint density at radius 1 is 1.42 bits per heavy atom. The van der Waals surface area contributed by atoms with Gasteiger partial charge >= 0.3 is 0 Å². The fourth-order valence-electron chi connectivity index (χ4n) is 2.53. The van der Waals surface area contributed by atoms with Gasteiger partial charge in [-0.05, 0) is 49.4 Å². The van der Waals surface area contributed by atoms with Crippen molar-refractivity contribution in [3.63, 3.8) is 0 Å². The lowest BCUT2D eigenvalue weighted by Gasteiger charge is -2.24. The number of anilines is 2. The molecule has 1 aromatic carbocycles. The second-order valence-electron chi connectivity index (χ2n) is 5.74. The van der Waals surface area contributed by atoms with Crippen LogP contribution in [0.1, 0.15) is 32.8 Å². The summed E-state index contributed by atoms with van der Waals surface area (Å²) < 4.78 is 26.6. The molecule has 19 heavy (non-hydrogen) atoms. The fraction of sp³-hybridized carbons (Fsp3) is 0.571. The molecule has 1 aliphatic heterocycles. The molecule has 0 fully saturated rings. The molecule has 1 aliphatic rings. The summed E-state index contributed by atoms with van der Waals surface area (Å²) in [6, 6.07) is 5.45. The molecule has 0 amide bonds. The van der Waals surface area contributed by atoms with Crippen LogP contribution in [0.15, 0.2) is 18.2 Å². The summed E-state index contributed by atoms with van der Waals surface area (Å²) in [6.45, 7) is 6.03. The molecule has 0 saturated heterocycles. The van der Waals surface area contributed by atoms with E-state index in [0.29, 0.717) is 18.0 Å². The Morgan fingerprint density at radius 3 is 2.74 bits per heavy atom. The lowest BCUT2D eigenvalue weighted by atomic mass is 10.1. The molecule has 0 spiro atoms. The van der Waals surface area contributed by atoms with Crippen LogP contribution in [0.2, 0.25) is 0 Å². The fourth-order valence-corrected chi connectivity index (χ4v) is 4.60.